The van der Waals surface area contributed by atoms with Crippen molar-refractivity contribution in [1.82, 2.24) is 3.97 Å². The van der Waals surface area contributed by atoms with E-state index in [0.29, 0.717) is 28.1 Å². The van der Waals surface area contributed by atoms with Gasteiger partial charge in [-0.25, -0.2) is 12.4 Å². The number of nitrogens with zero attached hydrogens (tertiary/aromatic N) is 1. The first kappa shape index (κ1) is 23.4. The molecule has 7 heteroatoms. The Balaban J connectivity index is 1.73. The molecule has 2 heterocycles. The second-order valence-electron chi connectivity index (χ2n) is 9.29. The van der Waals surface area contributed by atoms with Gasteiger partial charge in [0, 0.05) is 33.2 Å². The normalized spacial score (nSPS) is 12.1. The number of fused-ring (bicyclic) bond motifs is 6. The largest absolute Gasteiger partial charge is 0.493 e. The Morgan fingerprint density at radius 2 is 1.33 bits per heavy atom. The minimum absolute atomic E-state index is 0.213. The van der Waals surface area contributed by atoms with E-state index >= 15 is 0 Å². The molecule has 0 fully saturated rings. The molecule has 7 aromatic rings. The van der Waals surface area contributed by atoms with E-state index in [4.69, 9.17) is 13.9 Å². The maximum absolute atomic E-state index is 14.2. The van der Waals surface area contributed by atoms with Gasteiger partial charge in [0.15, 0.2) is 11.5 Å². The van der Waals surface area contributed by atoms with E-state index in [1.54, 1.807) is 44.6 Å². The lowest BCUT2D eigenvalue weighted by atomic mass is 9.94. The highest BCUT2D eigenvalue weighted by Gasteiger charge is 2.27. The number of rotatable bonds is 5. The Bertz CT molecular complexity index is 2160. The molecule has 7 rings (SSSR count). The van der Waals surface area contributed by atoms with Crippen LogP contribution in [0.2, 0.25) is 0 Å². The lowest BCUT2D eigenvalue weighted by molar-refractivity contribution is 0.355. The third-order valence-electron chi connectivity index (χ3n) is 7.21. The van der Waals surface area contributed by atoms with Crippen molar-refractivity contribution in [3.63, 3.8) is 0 Å². The summed E-state index contributed by atoms with van der Waals surface area (Å²) < 4.78 is 47.2. The lowest BCUT2D eigenvalue weighted by Gasteiger charge is -2.13. The van der Waals surface area contributed by atoms with Gasteiger partial charge in [-0.2, -0.15) is 0 Å². The zero-order valence-electron chi connectivity index (χ0n) is 21.2. The first-order chi connectivity index (χ1) is 19.0. The molecule has 2 aromatic heterocycles. The van der Waals surface area contributed by atoms with Gasteiger partial charge in [-0.3, -0.25) is 0 Å². The summed E-state index contributed by atoms with van der Waals surface area (Å²) in [4.78, 5) is 0.213. The minimum atomic E-state index is -3.94. The van der Waals surface area contributed by atoms with Gasteiger partial charge in [0.2, 0.25) is 0 Å². The van der Waals surface area contributed by atoms with E-state index in [1.165, 1.54) is 3.97 Å². The number of benzene rings is 5. The molecule has 6 nitrogen and oxygen atoms in total. The molecule has 0 aliphatic heterocycles. The van der Waals surface area contributed by atoms with Crippen LogP contribution in [0, 0.1) is 0 Å². The molecule has 5 aromatic carbocycles. The highest BCUT2D eigenvalue weighted by Crippen LogP contribution is 2.47. The Morgan fingerprint density at radius 3 is 2.10 bits per heavy atom. The standard InChI is InChI=1S/C32H23NO5S/c1-36-27-17-16-20(18-28(27)37-2)30-31-22-12-6-8-14-24(22)33(39(34,35)21-10-4-3-5-11-21)25(31)19-29-32(30)23-13-7-9-15-26(23)38-29/h3-19H,1-2H3. The Hall–Kier alpha value is -4.75. The fourth-order valence-corrected chi connectivity index (χ4v) is 7.07. The second-order valence-corrected chi connectivity index (χ2v) is 11.1. The average molecular weight is 534 g/mol. The number of aromatic nitrogens is 1. The van der Waals surface area contributed by atoms with Crippen LogP contribution < -0.4 is 9.47 Å². The molecule has 0 N–H and O–H groups in total. The van der Waals surface area contributed by atoms with Crippen LogP contribution in [-0.2, 0) is 10.0 Å². The summed E-state index contributed by atoms with van der Waals surface area (Å²) in [5.74, 6) is 1.18. The quantitative estimate of drug-likeness (QED) is 0.228. The number of hydrogen-bond donors (Lipinski definition) is 0. The predicted octanol–water partition coefficient (Wildman–Crippen LogP) is 7.62. The van der Waals surface area contributed by atoms with Crippen molar-refractivity contribution in [2.75, 3.05) is 14.2 Å². The SMILES string of the molecule is COc1ccc(-c2c3c(cc4c2c2ccccc2n4S(=O)(=O)c2ccccc2)oc2ccccc23)cc1OC. The summed E-state index contributed by atoms with van der Waals surface area (Å²) in [7, 11) is -0.740. The van der Waals surface area contributed by atoms with Crippen LogP contribution in [0.5, 0.6) is 11.5 Å². The van der Waals surface area contributed by atoms with Crippen molar-refractivity contribution in [3.05, 3.63) is 103 Å². The number of furan rings is 1. The van der Waals surface area contributed by atoms with Crippen LogP contribution in [0.4, 0.5) is 0 Å². The van der Waals surface area contributed by atoms with Crippen LogP contribution in [-0.4, -0.2) is 26.6 Å². The number of ether oxygens (including phenoxy) is 2. The minimum Gasteiger partial charge on any atom is -0.493 e. The van der Waals surface area contributed by atoms with Crippen molar-refractivity contribution in [2.45, 2.75) is 4.90 Å². The summed E-state index contributed by atoms with van der Waals surface area (Å²) >= 11 is 0. The molecule has 192 valence electrons. The number of methoxy groups -OCH3 is 2. The fraction of sp³-hybridized carbons (Fsp3) is 0.0625. The van der Waals surface area contributed by atoms with E-state index in [9.17, 15) is 8.42 Å². The third-order valence-corrected chi connectivity index (χ3v) is 8.95. The van der Waals surface area contributed by atoms with Gasteiger partial charge in [-0.1, -0.05) is 60.7 Å². The van der Waals surface area contributed by atoms with Crippen LogP contribution in [0.3, 0.4) is 0 Å². The van der Waals surface area contributed by atoms with Gasteiger partial charge in [0.05, 0.1) is 30.1 Å². The van der Waals surface area contributed by atoms with Crippen molar-refractivity contribution in [1.29, 1.82) is 0 Å². The predicted molar refractivity (Wildman–Crippen MR) is 154 cm³/mol. The lowest BCUT2D eigenvalue weighted by Crippen LogP contribution is -2.12. The van der Waals surface area contributed by atoms with Crippen LogP contribution in [0.25, 0.3) is 54.9 Å². The van der Waals surface area contributed by atoms with Crippen LogP contribution in [0.15, 0.2) is 112 Å². The monoisotopic (exact) mass is 533 g/mol. The summed E-state index contributed by atoms with van der Waals surface area (Å²) in [5, 5.41) is 3.49. The van der Waals surface area contributed by atoms with E-state index in [0.717, 1.165) is 38.3 Å². The van der Waals surface area contributed by atoms with E-state index in [-0.39, 0.29) is 4.90 Å². The maximum atomic E-state index is 14.2. The van der Waals surface area contributed by atoms with Gasteiger partial charge in [0.1, 0.15) is 11.2 Å². The highest BCUT2D eigenvalue weighted by atomic mass is 32.2. The molecular weight excluding hydrogens is 510 g/mol. The molecule has 0 spiro atoms. The van der Waals surface area contributed by atoms with E-state index < -0.39 is 10.0 Å². The molecule has 39 heavy (non-hydrogen) atoms. The third kappa shape index (κ3) is 3.36. The Morgan fingerprint density at radius 1 is 0.641 bits per heavy atom. The average Bonchev–Trinajstić information content (AvgIpc) is 3.51. The van der Waals surface area contributed by atoms with Crippen molar-refractivity contribution in [3.8, 4) is 22.6 Å². The van der Waals surface area contributed by atoms with Gasteiger partial charge >= 0.3 is 0 Å². The van der Waals surface area contributed by atoms with Crippen molar-refractivity contribution >= 4 is 53.8 Å². The van der Waals surface area contributed by atoms with Gasteiger partial charge < -0.3 is 13.9 Å². The molecule has 0 atom stereocenters. The molecule has 0 saturated heterocycles. The number of hydrogen-bond acceptors (Lipinski definition) is 5. The smallest absolute Gasteiger partial charge is 0.268 e. The van der Waals surface area contributed by atoms with Crippen molar-refractivity contribution in [2.24, 2.45) is 0 Å². The summed E-state index contributed by atoms with van der Waals surface area (Å²) in [6.45, 7) is 0. The second kappa shape index (κ2) is 8.64. The summed E-state index contributed by atoms with van der Waals surface area (Å²) in [6.07, 6.45) is 0. The van der Waals surface area contributed by atoms with E-state index in [2.05, 4.69) is 0 Å². The summed E-state index contributed by atoms with van der Waals surface area (Å²) in [5.41, 5.74) is 4.18. The highest BCUT2D eigenvalue weighted by molar-refractivity contribution is 7.90. The first-order valence-electron chi connectivity index (χ1n) is 12.4. The van der Waals surface area contributed by atoms with Gasteiger partial charge in [-0.15, -0.1) is 0 Å². The molecule has 0 bridgehead atoms. The summed E-state index contributed by atoms with van der Waals surface area (Å²) in [6, 6.07) is 31.5. The van der Waals surface area contributed by atoms with Gasteiger partial charge in [-0.05, 0) is 42.0 Å². The molecule has 0 aliphatic carbocycles. The maximum Gasteiger partial charge on any atom is 0.268 e. The van der Waals surface area contributed by atoms with E-state index in [1.807, 2.05) is 72.8 Å². The molecule has 0 unspecified atom stereocenters. The topological polar surface area (TPSA) is 70.7 Å². The van der Waals surface area contributed by atoms with Crippen LogP contribution >= 0.6 is 0 Å². The molecule has 0 radical (unpaired) electrons. The molecule has 0 aliphatic rings. The van der Waals surface area contributed by atoms with Crippen molar-refractivity contribution < 1.29 is 22.3 Å². The molecular formula is C32H23NO5S. The molecule has 0 saturated carbocycles. The number of para-hydroxylation sites is 2. The Labute approximate surface area is 224 Å². The fourth-order valence-electron chi connectivity index (χ4n) is 5.54. The first-order valence-corrected chi connectivity index (χ1v) is 13.9. The van der Waals surface area contributed by atoms with Gasteiger partial charge in [0.25, 0.3) is 10.0 Å². The Kier molecular flexibility index (Phi) is 5.18. The van der Waals surface area contributed by atoms with Crippen LogP contribution in [0.1, 0.15) is 0 Å². The zero-order chi connectivity index (χ0) is 26.7. The molecule has 0 amide bonds. The zero-order valence-corrected chi connectivity index (χ0v) is 22.0.